The van der Waals surface area contributed by atoms with Crippen LogP contribution in [0.15, 0.2) is 48.5 Å². The third-order valence-corrected chi connectivity index (χ3v) is 11.7. The topological polar surface area (TPSA) is 342 Å². The Bertz CT molecular complexity index is 2690. The largest absolute Gasteiger partial charge is 1.00 e. The molecule has 471 valence electrons. The van der Waals surface area contributed by atoms with Crippen LogP contribution in [0.1, 0.15) is 117 Å². The van der Waals surface area contributed by atoms with Crippen LogP contribution in [0.5, 0.6) is 12.0 Å². The molecule has 2 aromatic heterocycles. The third-order valence-electron chi connectivity index (χ3n) is 11.7. The fourth-order valence-corrected chi connectivity index (χ4v) is 7.64. The molecule has 0 spiro atoms. The van der Waals surface area contributed by atoms with Crippen molar-refractivity contribution in [2.45, 2.75) is 109 Å². The number of nitrogens with one attached hydrogen (secondary N) is 3. The summed E-state index contributed by atoms with van der Waals surface area (Å²) < 4.78 is 14.9. The van der Waals surface area contributed by atoms with E-state index in [9.17, 15) is 28.8 Å². The molecule has 29 heteroatoms. The summed E-state index contributed by atoms with van der Waals surface area (Å²) in [6, 6.07) is 16.2. The number of nitrogen functional groups attached to an aromatic ring is 2. The van der Waals surface area contributed by atoms with E-state index in [-0.39, 0.29) is 100 Å². The minimum atomic E-state index is -0.833. The van der Waals surface area contributed by atoms with Crippen molar-refractivity contribution in [1.29, 1.82) is 0 Å². The fraction of sp³-hybridized carbons (Fsp3) is 0.526. The van der Waals surface area contributed by atoms with E-state index in [1.807, 2.05) is 11.0 Å². The van der Waals surface area contributed by atoms with E-state index in [0.717, 1.165) is 110 Å². The van der Waals surface area contributed by atoms with Gasteiger partial charge in [-0.15, -0.1) is 0 Å². The average molecular weight is 1210 g/mol. The molecule has 0 bridgehead atoms. The third kappa shape index (κ3) is 31.8. The summed E-state index contributed by atoms with van der Waals surface area (Å²) in [4.78, 5) is 109. The van der Waals surface area contributed by atoms with Crippen LogP contribution in [0, 0.1) is 0 Å². The summed E-state index contributed by atoms with van der Waals surface area (Å²) in [5.74, 6) is -1.39. The second-order valence-electron chi connectivity index (χ2n) is 19.0. The zero-order valence-electron chi connectivity index (χ0n) is 49.2. The molecule has 3 radical (unpaired) electrons. The van der Waals surface area contributed by atoms with Gasteiger partial charge in [-0.05, 0) is 49.7 Å². The standard InChI is InChI=1S/C23H33N7O2.C18H21N5O3.C5H12N2.C4H6O4.C2H3BO2.C2H4O2.3CH4.Na/c1-3-4-12-32-23-26-21(24)20-22(27-23)30(16-19(31)25-20)15-18-7-5-6-17(13-18)14-29-10-8-28(2)9-11-29;1-2-3-7-26-18-21-16(19)15-17(22-18)23(10-14(25)20-15)9-12-5-4-6-13(8-12)11-24;1-7-4-2-6-3-5-7;1-3(5)7-8-4(2)6;1-2(4)5-3;1-2(3)4;;;;/h5-7,13H,3-4,8-12,14-16H2,1-2H3,(H,25,31)(H2,24,26,27);4-6,8,11H,2-3,7,9-10H2,1H3,(H,20,25)(H2,19,21,22);6H,2-5H2,1H3;1-2H3;1H3;1H3,(H,3,4);3*1H4;/q;;;;-1;;;;;+1. The van der Waals surface area contributed by atoms with Crippen LogP contribution >= 0.6 is 0 Å². The molecule has 27 nitrogen and oxygen atoms in total. The van der Waals surface area contributed by atoms with Gasteiger partial charge >= 0.3 is 53.5 Å². The summed E-state index contributed by atoms with van der Waals surface area (Å²) in [7, 11) is 8.64. The number of nitrogens with two attached hydrogens (primary N) is 2. The van der Waals surface area contributed by atoms with Gasteiger partial charge in [0.2, 0.25) is 17.8 Å². The van der Waals surface area contributed by atoms with Crippen LogP contribution in [0.25, 0.3) is 0 Å². The number of carbonyl (C=O) groups is 7. The number of nitrogens with zero attached hydrogens (tertiary/aromatic N) is 9. The second-order valence-corrected chi connectivity index (χ2v) is 19.0. The maximum Gasteiger partial charge on any atom is 1.00 e. The van der Waals surface area contributed by atoms with Crippen molar-refractivity contribution in [3.63, 3.8) is 0 Å². The van der Waals surface area contributed by atoms with Crippen molar-refractivity contribution in [3.05, 3.63) is 70.8 Å². The summed E-state index contributed by atoms with van der Waals surface area (Å²) in [5.41, 5.74) is 16.8. The second kappa shape index (κ2) is 44.3. The van der Waals surface area contributed by atoms with E-state index < -0.39 is 23.9 Å². The number of aldehydes is 1. The Kier molecular flexibility index (Phi) is 41.6. The predicted octanol–water partition coefficient (Wildman–Crippen LogP) is 2.14. The summed E-state index contributed by atoms with van der Waals surface area (Å²) in [5, 5.41) is 16.2. The normalized spacial score (nSPS) is 13.8. The molecule has 4 aliphatic heterocycles. The molecule has 0 unspecified atom stereocenters. The number of hydrogen-bond donors (Lipinski definition) is 6. The Labute approximate surface area is 530 Å². The Hall–Kier alpha value is -7.21. The average Bonchev–Trinajstić information content (AvgIpc) is 1.13. The summed E-state index contributed by atoms with van der Waals surface area (Å²) in [6.07, 6.45) is 4.61. The van der Waals surface area contributed by atoms with Crippen molar-refractivity contribution >= 4 is 84.7 Å². The first-order chi connectivity index (χ1) is 39.1. The Morgan fingerprint density at radius 1 is 0.640 bits per heavy atom. The molecule has 86 heavy (non-hydrogen) atoms. The molecule has 0 saturated carbocycles. The molecule has 0 atom stereocenters. The van der Waals surface area contributed by atoms with E-state index in [4.69, 9.17) is 30.8 Å². The molecule has 6 heterocycles. The number of unbranched alkanes of at least 4 members (excludes halogenated alkanes) is 2. The molecule has 2 aromatic carbocycles. The van der Waals surface area contributed by atoms with Crippen molar-refractivity contribution in [3.8, 4) is 12.0 Å². The van der Waals surface area contributed by atoms with Crippen molar-refractivity contribution in [2.75, 3.05) is 125 Å². The number of aliphatic carboxylic acids is 1. The molecule has 2 fully saturated rings. The molecule has 0 aliphatic carbocycles. The minimum absolute atomic E-state index is 0. The van der Waals surface area contributed by atoms with Gasteiger partial charge in [0.1, 0.15) is 17.7 Å². The van der Waals surface area contributed by atoms with E-state index in [1.165, 1.54) is 25.6 Å². The Balaban J connectivity index is 0. The number of hydrogen-bond acceptors (Lipinski definition) is 24. The number of carbonyl (C=O) groups excluding carboxylic acids is 6. The van der Waals surface area contributed by atoms with Crippen LogP contribution < -0.4 is 76.2 Å². The zero-order valence-corrected chi connectivity index (χ0v) is 51.2. The van der Waals surface area contributed by atoms with Crippen molar-refractivity contribution in [1.82, 2.24) is 40.0 Å². The Morgan fingerprint density at radius 3 is 1.41 bits per heavy atom. The quantitative estimate of drug-likeness (QED) is 0.0326. The first kappa shape index (κ1) is 80.9. The number of amides is 2. The van der Waals surface area contributed by atoms with Crippen molar-refractivity contribution < 1.29 is 92.1 Å². The van der Waals surface area contributed by atoms with Gasteiger partial charge in [0.25, 0.3) is 5.97 Å². The maximum atomic E-state index is 12.3. The molecular weight excluding hydrogens is 1120 g/mol. The van der Waals surface area contributed by atoms with Gasteiger partial charge in [0.05, 0.1) is 26.3 Å². The first-order valence-electron chi connectivity index (χ1n) is 26.7. The Morgan fingerprint density at radius 2 is 1.03 bits per heavy atom. The fourth-order valence-electron chi connectivity index (χ4n) is 7.64. The number of likely N-dealkylation sites (N-methyl/N-ethyl adjacent to an activating group) is 2. The minimum Gasteiger partial charge on any atom is -0.793 e. The summed E-state index contributed by atoms with van der Waals surface area (Å²) in [6.45, 7) is 21.1. The molecule has 4 aromatic rings. The number of benzene rings is 2. The monoisotopic (exact) mass is 1210 g/mol. The number of piperazine rings is 2. The first-order valence-corrected chi connectivity index (χ1v) is 26.7. The van der Waals surface area contributed by atoms with E-state index in [0.29, 0.717) is 54.9 Å². The van der Waals surface area contributed by atoms with Crippen molar-refractivity contribution in [2.24, 2.45) is 0 Å². The number of carboxylic acids is 1. The maximum absolute atomic E-state index is 12.3. The van der Waals surface area contributed by atoms with E-state index in [2.05, 4.69) is 125 Å². The predicted molar refractivity (Wildman–Crippen MR) is 329 cm³/mol. The van der Waals surface area contributed by atoms with Gasteiger partial charge < -0.3 is 74.3 Å². The number of fused-ring (bicyclic) bond motifs is 2. The van der Waals surface area contributed by atoms with Gasteiger partial charge in [0.15, 0.2) is 23.3 Å². The number of anilines is 6. The van der Waals surface area contributed by atoms with Gasteiger partial charge in [-0.25, -0.2) is 19.4 Å². The van der Waals surface area contributed by atoms with Gasteiger partial charge in [0, 0.05) is 105 Å². The molecular formula is C57H91BN14NaO13. The van der Waals surface area contributed by atoms with Crippen LogP contribution in [-0.4, -0.2) is 183 Å². The van der Waals surface area contributed by atoms with Crippen LogP contribution in [0.3, 0.4) is 0 Å². The van der Waals surface area contributed by atoms with Gasteiger partial charge in [-0.3, -0.25) is 28.9 Å². The van der Waals surface area contributed by atoms with Gasteiger partial charge in [-0.1, -0.05) is 91.4 Å². The van der Waals surface area contributed by atoms with E-state index >= 15 is 0 Å². The number of aromatic nitrogens is 4. The smallest absolute Gasteiger partial charge is 0.793 e. The molecule has 4 aliphatic rings. The zero-order chi connectivity index (χ0) is 60.6. The molecule has 8 rings (SSSR count). The SMILES string of the molecule is C.C.C.CC(=O)O.CC(=O)OOC(C)=O.CCCCOc1nc(N)c2c(n1)N(Cc1cccc(C=O)c1)CC(=O)N2.CCCCOc1nc(N)c2c(n1)N(Cc1cccc(CN3CCN(C)CC3)c1)CC(=O)N2.CN1CCNCC1.[B-]OC(C)=O.[Na+]. The number of rotatable bonds is 15. The molecule has 8 N–H and O–H groups in total. The number of carboxylic acid groups (broad SMARTS) is 1. The number of ether oxygens (including phenoxy) is 2. The van der Waals surface area contributed by atoms with Gasteiger partial charge in [-0.2, -0.15) is 19.9 Å². The summed E-state index contributed by atoms with van der Waals surface area (Å²) >= 11 is 0. The molecule has 2 amide bonds. The van der Waals surface area contributed by atoms with Crippen LogP contribution in [0.2, 0.25) is 0 Å². The van der Waals surface area contributed by atoms with Crippen LogP contribution in [-0.2, 0) is 62.8 Å². The van der Waals surface area contributed by atoms with E-state index in [1.54, 1.807) is 23.1 Å². The van der Waals surface area contributed by atoms with Crippen LogP contribution in [0.4, 0.5) is 34.6 Å². The molecule has 2 saturated heterocycles.